The lowest BCUT2D eigenvalue weighted by molar-refractivity contribution is 0.176. The van der Waals surface area contributed by atoms with E-state index in [0.29, 0.717) is 16.6 Å². The molecule has 0 aliphatic rings. The number of hydrogen-bond acceptors (Lipinski definition) is 4. The molecule has 18 heavy (non-hydrogen) atoms. The number of H-pyrrole nitrogens is 2. The summed E-state index contributed by atoms with van der Waals surface area (Å²) in [6, 6.07) is 4.79. The summed E-state index contributed by atoms with van der Waals surface area (Å²) in [5.74, 6) is 0. The first-order valence-corrected chi connectivity index (χ1v) is 7.33. The van der Waals surface area contributed by atoms with Gasteiger partial charge in [-0.3, -0.25) is 0 Å². The van der Waals surface area contributed by atoms with E-state index in [1.54, 1.807) is 18.2 Å². The molecule has 2 unspecified atom stereocenters. The Balaban J connectivity index is 2.45. The molecule has 2 atom stereocenters. The largest absolute Gasteiger partial charge is 0.387 e. The Morgan fingerprint density at radius 1 is 1.22 bits per heavy atom. The molecule has 0 radical (unpaired) electrons. The second kappa shape index (κ2) is 4.25. The number of aromatic amines is 2. The fraction of sp³-hybridized carbons (Fsp3) is 0.364. The SMILES string of the molecule is CC(C(O)c1ccc2[nH]c(=O)[nH]c2c1)S(C)(=O)=O. The van der Waals surface area contributed by atoms with Crippen LogP contribution in [0.1, 0.15) is 18.6 Å². The molecule has 1 aromatic carbocycles. The van der Waals surface area contributed by atoms with Crippen molar-refractivity contribution in [3.05, 3.63) is 34.2 Å². The van der Waals surface area contributed by atoms with Gasteiger partial charge >= 0.3 is 5.69 Å². The Kier molecular flexibility index (Phi) is 3.04. The van der Waals surface area contributed by atoms with E-state index in [9.17, 15) is 18.3 Å². The highest BCUT2D eigenvalue weighted by Crippen LogP contribution is 2.23. The van der Waals surface area contributed by atoms with Crippen molar-refractivity contribution in [2.75, 3.05) is 6.26 Å². The van der Waals surface area contributed by atoms with E-state index in [4.69, 9.17) is 0 Å². The summed E-state index contributed by atoms with van der Waals surface area (Å²) in [7, 11) is -3.33. The van der Waals surface area contributed by atoms with Gasteiger partial charge in [0, 0.05) is 6.26 Å². The number of rotatable bonds is 3. The fourth-order valence-corrected chi connectivity index (χ4v) is 2.36. The molecule has 0 fully saturated rings. The zero-order valence-electron chi connectivity index (χ0n) is 9.97. The fourth-order valence-electron chi connectivity index (χ4n) is 1.74. The van der Waals surface area contributed by atoms with Crippen LogP contribution in [0.15, 0.2) is 23.0 Å². The van der Waals surface area contributed by atoms with Crippen molar-refractivity contribution in [2.24, 2.45) is 0 Å². The van der Waals surface area contributed by atoms with Crippen LogP contribution in [0.25, 0.3) is 11.0 Å². The van der Waals surface area contributed by atoms with Crippen molar-refractivity contribution in [1.82, 2.24) is 9.97 Å². The normalized spacial score (nSPS) is 15.7. The second-order valence-electron chi connectivity index (χ2n) is 4.36. The number of sulfone groups is 1. The lowest BCUT2D eigenvalue weighted by atomic mass is 10.1. The average molecular weight is 270 g/mol. The van der Waals surface area contributed by atoms with Crippen molar-refractivity contribution in [3.63, 3.8) is 0 Å². The summed E-state index contributed by atoms with van der Waals surface area (Å²) < 4.78 is 22.8. The molecule has 0 aliphatic carbocycles. The van der Waals surface area contributed by atoms with Gasteiger partial charge in [-0.2, -0.15) is 0 Å². The number of aliphatic hydroxyl groups excluding tert-OH is 1. The highest BCUT2D eigenvalue weighted by molar-refractivity contribution is 7.91. The monoisotopic (exact) mass is 270 g/mol. The molecule has 1 heterocycles. The van der Waals surface area contributed by atoms with Crippen molar-refractivity contribution in [3.8, 4) is 0 Å². The Bertz CT molecular complexity index is 729. The first kappa shape index (κ1) is 12.8. The summed E-state index contributed by atoms with van der Waals surface area (Å²) in [4.78, 5) is 16.2. The minimum absolute atomic E-state index is 0.340. The van der Waals surface area contributed by atoms with Gasteiger partial charge in [0.2, 0.25) is 0 Å². The molecule has 3 N–H and O–H groups in total. The first-order valence-electron chi connectivity index (χ1n) is 5.38. The maximum Gasteiger partial charge on any atom is 0.323 e. The van der Waals surface area contributed by atoms with Gasteiger partial charge in [0.05, 0.1) is 22.4 Å². The van der Waals surface area contributed by atoms with Gasteiger partial charge in [-0.25, -0.2) is 13.2 Å². The van der Waals surface area contributed by atoms with E-state index in [0.717, 1.165) is 6.26 Å². The van der Waals surface area contributed by atoms with Crippen molar-refractivity contribution < 1.29 is 13.5 Å². The van der Waals surface area contributed by atoms with Crippen LogP contribution in [0.5, 0.6) is 0 Å². The highest BCUT2D eigenvalue weighted by atomic mass is 32.2. The van der Waals surface area contributed by atoms with Gasteiger partial charge in [0.25, 0.3) is 0 Å². The lowest BCUT2D eigenvalue weighted by Gasteiger charge is -2.17. The minimum Gasteiger partial charge on any atom is -0.387 e. The van der Waals surface area contributed by atoms with Gasteiger partial charge in [0.1, 0.15) is 0 Å². The summed E-state index contributed by atoms with van der Waals surface area (Å²) >= 11 is 0. The molecule has 0 saturated carbocycles. The van der Waals surface area contributed by atoms with Crippen LogP contribution < -0.4 is 5.69 Å². The van der Waals surface area contributed by atoms with Gasteiger partial charge < -0.3 is 15.1 Å². The summed E-state index contributed by atoms with van der Waals surface area (Å²) in [6.07, 6.45) is -0.0415. The molecule has 7 heteroatoms. The van der Waals surface area contributed by atoms with Crippen LogP contribution in [0.4, 0.5) is 0 Å². The van der Waals surface area contributed by atoms with Crippen LogP contribution >= 0.6 is 0 Å². The van der Waals surface area contributed by atoms with Crippen molar-refractivity contribution >= 4 is 20.9 Å². The predicted octanol–water partition coefficient (Wildman–Crippen LogP) is 0.323. The third-order valence-electron chi connectivity index (χ3n) is 3.00. The number of nitrogens with one attached hydrogen (secondary N) is 2. The number of benzene rings is 1. The third kappa shape index (κ3) is 2.32. The molecular formula is C11H14N2O4S. The molecule has 6 nitrogen and oxygen atoms in total. The first-order chi connectivity index (χ1) is 8.29. The molecule has 0 saturated heterocycles. The van der Waals surface area contributed by atoms with E-state index >= 15 is 0 Å². The van der Waals surface area contributed by atoms with Crippen LogP contribution in [-0.4, -0.2) is 35.0 Å². The molecule has 2 aromatic rings. The number of fused-ring (bicyclic) bond motifs is 1. The maximum atomic E-state index is 11.4. The van der Waals surface area contributed by atoms with Crippen LogP contribution in [0.3, 0.4) is 0 Å². The zero-order valence-corrected chi connectivity index (χ0v) is 10.8. The molecule has 0 spiro atoms. The highest BCUT2D eigenvalue weighted by Gasteiger charge is 2.25. The van der Waals surface area contributed by atoms with E-state index < -0.39 is 21.2 Å². The Morgan fingerprint density at radius 3 is 2.44 bits per heavy atom. The van der Waals surface area contributed by atoms with Crippen LogP contribution in [0, 0.1) is 0 Å². The number of aliphatic hydroxyl groups is 1. The van der Waals surface area contributed by atoms with E-state index in [-0.39, 0.29) is 5.69 Å². The van der Waals surface area contributed by atoms with Gasteiger partial charge in [-0.15, -0.1) is 0 Å². The number of hydrogen-bond donors (Lipinski definition) is 3. The molecular weight excluding hydrogens is 256 g/mol. The quantitative estimate of drug-likeness (QED) is 0.747. The Morgan fingerprint density at radius 2 is 1.83 bits per heavy atom. The third-order valence-corrected chi connectivity index (χ3v) is 4.61. The van der Waals surface area contributed by atoms with Gasteiger partial charge in [0.15, 0.2) is 9.84 Å². The van der Waals surface area contributed by atoms with Gasteiger partial charge in [-0.05, 0) is 24.6 Å². The zero-order chi connectivity index (χ0) is 13.5. The van der Waals surface area contributed by atoms with Crippen LogP contribution in [-0.2, 0) is 9.84 Å². The molecule has 1 aromatic heterocycles. The number of imidazole rings is 1. The summed E-state index contributed by atoms with van der Waals surface area (Å²) in [6.45, 7) is 1.45. The smallest absolute Gasteiger partial charge is 0.323 e. The second-order valence-corrected chi connectivity index (χ2v) is 6.77. The van der Waals surface area contributed by atoms with Gasteiger partial charge in [-0.1, -0.05) is 6.07 Å². The van der Waals surface area contributed by atoms with E-state index in [2.05, 4.69) is 9.97 Å². The Labute approximate surface area is 104 Å². The average Bonchev–Trinajstić information content (AvgIpc) is 2.64. The van der Waals surface area contributed by atoms with Crippen molar-refractivity contribution in [2.45, 2.75) is 18.3 Å². The van der Waals surface area contributed by atoms with E-state index in [1.165, 1.54) is 6.92 Å². The summed E-state index contributed by atoms with van der Waals surface area (Å²) in [5, 5.41) is 9.11. The molecule has 0 bridgehead atoms. The predicted molar refractivity (Wildman–Crippen MR) is 68.2 cm³/mol. The standard InChI is InChI=1S/C11H14N2O4S/c1-6(18(2,16)17)10(14)7-3-4-8-9(5-7)13-11(15)12-8/h3-6,10,14H,1-2H3,(H2,12,13,15). The summed E-state index contributed by atoms with van der Waals surface area (Å²) in [5.41, 5.74) is 1.27. The number of aromatic nitrogens is 2. The van der Waals surface area contributed by atoms with Crippen molar-refractivity contribution in [1.29, 1.82) is 0 Å². The molecule has 2 rings (SSSR count). The minimum atomic E-state index is -3.33. The molecule has 0 amide bonds. The molecule has 98 valence electrons. The van der Waals surface area contributed by atoms with Crippen LogP contribution in [0.2, 0.25) is 0 Å². The Hall–Kier alpha value is -1.60. The maximum absolute atomic E-state index is 11.4. The lowest BCUT2D eigenvalue weighted by Crippen LogP contribution is -2.24. The topological polar surface area (TPSA) is 103 Å². The van der Waals surface area contributed by atoms with E-state index in [1.807, 2.05) is 0 Å². The molecule has 0 aliphatic heterocycles.